The molecule has 1 aromatic rings. The van der Waals surface area contributed by atoms with Crippen LogP contribution in [0.1, 0.15) is 25.0 Å². The van der Waals surface area contributed by atoms with E-state index in [2.05, 4.69) is 15.5 Å². The van der Waals surface area contributed by atoms with E-state index in [0.717, 1.165) is 12.1 Å². The number of aromatic nitrogens is 2. The van der Waals surface area contributed by atoms with Crippen LogP contribution >= 0.6 is 0 Å². The average Bonchev–Trinajstić information content (AvgIpc) is 3.10. The van der Waals surface area contributed by atoms with Gasteiger partial charge in [0.05, 0.1) is 12.2 Å². The van der Waals surface area contributed by atoms with E-state index in [9.17, 15) is 9.59 Å². The molecule has 7 heteroatoms. The number of aryl methyl sites for hydroxylation is 1. The largest absolute Gasteiger partial charge is 0.471 e. The molecule has 2 aliphatic rings. The Bertz CT molecular complexity index is 546. The second-order valence-electron chi connectivity index (χ2n) is 5.48. The van der Waals surface area contributed by atoms with E-state index >= 15 is 0 Å². The van der Waals surface area contributed by atoms with Crippen molar-refractivity contribution >= 4 is 11.8 Å². The smallest absolute Gasteiger partial charge is 0.245 e. The van der Waals surface area contributed by atoms with Gasteiger partial charge in [0.1, 0.15) is 12.1 Å². The number of hydrogen-bond acceptors (Lipinski definition) is 5. The van der Waals surface area contributed by atoms with Crippen molar-refractivity contribution in [2.75, 3.05) is 13.1 Å². The van der Waals surface area contributed by atoms with Crippen LogP contribution in [0, 0.1) is 6.92 Å². The molecule has 21 heavy (non-hydrogen) atoms. The number of hydrogen-bond donors (Lipinski definition) is 1. The molecule has 0 aliphatic carbocycles. The number of carbonyl (C=O) groups is 2. The Morgan fingerprint density at radius 1 is 1.38 bits per heavy atom. The highest BCUT2D eigenvalue weighted by atomic mass is 16.5. The van der Waals surface area contributed by atoms with Crippen molar-refractivity contribution in [2.24, 2.45) is 0 Å². The molecule has 2 atom stereocenters. The highest BCUT2D eigenvalue weighted by molar-refractivity contribution is 5.90. The molecule has 0 bridgehead atoms. The van der Waals surface area contributed by atoms with Crippen molar-refractivity contribution in [1.29, 1.82) is 0 Å². The first-order valence-electron chi connectivity index (χ1n) is 7.17. The molecule has 3 rings (SSSR count). The van der Waals surface area contributed by atoms with Crippen molar-refractivity contribution in [3.05, 3.63) is 17.8 Å². The topological polar surface area (TPSA) is 84.4 Å². The van der Waals surface area contributed by atoms with Gasteiger partial charge >= 0.3 is 0 Å². The predicted octanol–water partition coefficient (Wildman–Crippen LogP) is 0.0433. The Morgan fingerprint density at radius 3 is 2.90 bits per heavy atom. The zero-order valence-corrected chi connectivity index (χ0v) is 11.9. The van der Waals surface area contributed by atoms with Gasteiger partial charge in [-0.25, -0.2) is 0 Å². The number of rotatable bonds is 3. The van der Waals surface area contributed by atoms with Crippen LogP contribution in [0.25, 0.3) is 0 Å². The molecule has 3 heterocycles. The van der Waals surface area contributed by atoms with Gasteiger partial charge in [0.2, 0.25) is 17.7 Å². The summed E-state index contributed by atoms with van der Waals surface area (Å²) in [6, 6.07) is 3.26. The lowest BCUT2D eigenvalue weighted by atomic mass is 10.2. The first-order chi connectivity index (χ1) is 10.1. The average molecular weight is 290 g/mol. The molecule has 2 fully saturated rings. The van der Waals surface area contributed by atoms with Gasteiger partial charge in [-0.15, -0.1) is 5.10 Å². The molecule has 1 aromatic heterocycles. The van der Waals surface area contributed by atoms with Crippen molar-refractivity contribution in [3.8, 4) is 5.88 Å². The maximum atomic E-state index is 12.3. The Morgan fingerprint density at radius 2 is 2.24 bits per heavy atom. The summed E-state index contributed by atoms with van der Waals surface area (Å²) in [5.74, 6) is 0.422. The molecular weight excluding hydrogens is 272 g/mol. The van der Waals surface area contributed by atoms with Gasteiger partial charge in [0.15, 0.2) is 0 Å². The first-order valence-corrected chi connectivity index (χ1v) is 7.17. The summed E-state index contributed by atoms with van der Waals surface area (Å²) in [4.78, 5) is 25.2. The zero-order chi connectivity index (χ0) is 14.8. The van der Waals surface area contributed by atoms with Crippen molar-refractivity contribution in [1.82, 2.24) is 20.4 Å². The lowest BCUT2D eigenvalue weighted by Crippen LogP contribution is -2.44. The standard InChI is InChI=1S/C14H18N4O3/c1-9-2-5-13(17-16-9)21-10-6-7-18(8-10)14(20)11-3-4-12(19)15-11/h2,5,10-11H,3-4,6-8H2,1H3,(H,15,19). The van der Waals surface area contributed by atoms with Gasteiger partial charge in [-0.2, -0.15) is 5.10 Å². The summed E-state index contributed by atoms with van der Waals surface area (Å²) in [5.41, 5.74) is 0.836. The van der Waals surface area contributed by atoms with Crippen LogP contribution in [0.2, 0.25) is 0 Å². The number of ether oxygens (including phenoxy) is 1. The third-order valence-corrected chi connectivity index (χ3v) is 3.81. The maximum absolute atomic E-state index is 12.3. The summed E-state index contributed by atoms with van der Waals surface area (Å²) in [6.45, 7) is 3.04. The van der Waals surface area contributed by atoms with E-state index in [1.54, 1.807) is 11.0 Å². The monoisotopic (exact) mass is 290 g/mol. The molecule has 7 nitrogen and oxygen atoms in total. The van der Waals surface area contributed by atoms with Gasteiger partial charge in [0, 0.05) is 25.5 Å². The summed E-state index contributed by atoms with van der Waals surface area (Å²) >= 11 is 0. The molecule has 1 N–H and O–H groups in total. The lowest BCUT2D eigenvalue weighted by Gasteiger charge is -2.20. The SMILES string of the molecule is Cc1ccc(OC2CCN(C(=O)C3CCC(=O)N3)C2)nn1. The highest BCUT2D eigenvalue weighted by Gasteiger charge is 2.35. The second-order valence-corrected chi connectivity index (χ2v) is 5.48. The summed E-state index contributed by atoms with van der Waals surface area (Å²) in [6.07, 6.45) is 1.72. The first kappa shape index (κ1) is 13.8. The zero-order valence-electron chi connectivity index (χ0n) is 11.9. The number of nitrogens with one attached hydrogen (secondary N) is 1. The molecule has 0 spiro atoms. The van der Waals surface area contributed by atoms with Crippen molar-refractivity contribution < 1.29 is 14.3 Å². The van der Waals surface area contributed by atoms with Gasteiger partial charge in [-0.05, 0) is 19.4 Å². The fraction of sp³-hybridized carbons (Fsp3) is 0.571. The van der Waals surface area contributed by atoms with E-state index in [1.807, 2.05) is 13.0 Å². The Hall–Kier alpha value is -2.18. The van der Waals surface area contributed by atoms with Crippen LogP contribution < -0.4 is 10.1 Å². The predicted molar refractivity (Wildman–Crippen MR) is 73.5 cm³/mol. The third kappa shape index (κ3) is 3.12. The molecule has 2 saturated heterocycles. The maximum Gasteiger partial charge on any atom is 0.245 e. The van der Waals surface area contributed by atoms with E-state index in [-0.39, 0.29) is 24.0 Å². The van der Waals surface area contributed by atoms with Gasteiger partial charge in [-0.1, -0.05) is 0 Å². The van der Waals surface area contributed by atoms with Gasteiger partial charge in [-0.3, -0.25) is 9.59 Å². The fourth-order valence-corrected chi connectivity index (χ4v) is 2.66. The minimum Gasteiger partial charge on any atom is -0.471 e. The highest BCUT2D eigenvalue weighted by Crippen LogP contribution is 2.19. The normalized spacial score (nSPS) is 25.0. The Labute approximate surface area is 122 Å². The third-order valence-electron chi connectivity index (χ3n) is 3.81. The second kappa shape index (κ2) is 5.67. The van der Waals surface area contributed by atoms with E-state index in [1.165, 1.54) is 0 Å². The van der Waals surface area contributed by atoms with Crippen LogP contribution in [-0.2, 0) is 9.59 Å². The summed E-state index contributed by atoms with van der Waals surface area (Å²) in [7, 11) is 0. The molecule has 2 amide bonds. The minimum absolute atomic E-state index is 0.0121. The van der Waals surface area contributed by atoms with Gasteiger partial charge in [0.25, 0.3) is 0 Å². The lowest BCUT2D eigenvalue weighted by molar-refractivity contribution is -0.133. The Balaban J connectivity index is 1.54. The van der Waals surface area contributed by atoms with Crippen LogP contribution in [0.3, 0.4) is 0 Å². The Kier molecular flexibility index (Phi) is 3.72. The van der Waals surface area contributed by atoms with E-state index in [4.69, 9.17) is 4.74 Å². The molecule has 0 radical (unpaired) electrons. The van der Waals surface area contributed by atoms with Crippen molar-refractivity contribution in [3.63, 3.8) is 0 Å². The number of carbonyl (C=O) groups excluding carboxylic acids is 2. The van der Waals surface area contributed by atoms with Crippen LogP contribution in [0.5, 0.6) is 5.88 Å². The van der Waals surface area contributed by atoms with Crippen LogP contribution in [0.15, 0.2) is 12.1 Å². The molecule has 0 saturated carbocycles. The summed E-state index contributed by atoms with van der Waals surface area (Å²) < 4.78 is 5.74. The summed E-state index contributed by atoms with van der Waals surface area (Å²) in [5, 5.41) is 10.6. The molecule has 2 aliphatic heterocycles. The quantitative estimate of drug-likeness (QED) is 0.850. The molecule has 2 unspecified atom stereocenters. The van der Waals surface area contributed by atoms with Crippen LogP contribution in [0.4, 0.5) is 0 Å². The minimum atomic E-state index is -0.365. The molecule has 0 aromatic carbocycles. The molecular formula is C14H18N4O3. The number of amides is 2. The fourth-order valence-electron chi connectivity index (χ4n) is 2.66. The van der Waals surface area contributed by atoms with E-state index < -0.39 is 0 Å². The van der Waals surface area contributed by atoms with Crippen LogP contribution in [-0.4, -0.2) is 52.1 Å². The molecule has 112 valence electrons. The van der Waals surface area contributed by atoms with Crippen molar-refractivity contribution in [2.45, 2.75) is 38.3 Å². The number of likely N-dealkylation sites (tertiary alicyclic amines) is 1. The van der Waals surface area contributed by atoms with E-state index in [0.29, 0.717) is 31.8 Å². The number of nitrogens with zero attached hydrogens (tertiary/aromatic N) is 3. The van der Waals surface area contributed by atoms with Gasteiger partial charge < -0.3 is 15.0 Å².